The Morgan fingerprint density at radius 3 is 2.57 bits per heavy atom. The van der Waals surface area contributed by atoms with Crippen molar-refractivity contribution in [2.75, 3.05) is 6.54 Å². The molecule has 1 heterocycles. The lowest BCUT2D eigenvalue weighted by atomic mass is 10.0. The van der Waals surface area contributed by atoms with Crippen molar-refractivity contribution >= 4 is 0 Å². The summed E-state index contributed by atoms with van der Waals surface area (Å²) in [4.78, 5) is 0. The van der Waals surface area contributed by atoms with Crippen molar-refractivity contribution in [2.24, 2.45) is 0 Å². The first kappa shape index (κ1) is 15.5. The van der Waals surface area contributed by atoms with Crippen LogP contribution in [0.5, 0.6) is 0 Å². The van der Waals surface area contributed by atoms with Crippen LogP contribution in [0.4, 0.5) is 0 Å². The van der Waals surface area contributed by atoms with E-state index in [0.717, 1.165) is 23.4 Å². The molecule has 0 saturated carbocycles. The van der Waals surface area contributed by atoms with Gasteiger partial charge in [0.05, 0.1) is 11.8 Å². The molecule has 0 aliphatic carbocycles. The molecule has 0 saturated heterocycles. The highest BCUT2D eigenvalue weighted by Gasteiger charge is 2.09. The Morgan fingerprint density at radius 1 is 1.09 bits per heavy atom. The minimum Gasteiger partial charge on any atom is -0.387 e. The van der Waals surface area contributed by atoms with Gasteiger partial charge in [-0.1, -0.05) is 36.4 Å². The van der Waals surface area contributed by atoms with E-state index in [1.54, 1.807) is 6.20 Å². The second-order valence-electron chi connectivity index (χ2n) is 5.62. The van der Waals surface area contributed by atoms with Gasteiger partial charge in [-0.05, 0) is 41.8 Å². The zero-order chi connectivity index (χ0) is 16.1. The van der Waals surface area contributed by atoms with Crippen LogP contribution in [0.1, 0.15) is 22.8 Å². The van der Waals surface area contributed by atoms with E-state index in [1.807, 2.05) is 60.3 Å². The fourth-order valence-electron chi connectivity index (χ4n) is 2.61. The summed E-state index contributed by atoms with van der Waals surface area (Å²) >= 11 is 0. The number of hydrogen-bond acceptors (Lipinski definition) is 3. The Balaban J connectivity index is 1.54. The molecule has 0 spiro atoms. The number of aliphatic hydroxyl groups is 1. The highest BCUT2D eigenvalue weighted by atomic mass is 16.3. The predicted molar refractivity (Wildman–Crippen MR) is 91.4 cm³/mol. The Kier molecular flexibility index (Phi) is 4.86. The van der Waals surface area contributed by atoms with Gasteiger partial charge in [-0.3, -0.25) is 0 Å². The highest BCUT2D eigenvalue weighted by molar-refractivity contribution is 5.33. The molecule has 3 aromatic rings. The van der Waals surface area contributed by atoms with Crippen molar-refractivity contribution in [3.05, 3.63) is 83.7 Å². The summed E-state index contributed by atoms with van der Waals surface area (Å²) < 4.78 is 1.83. The van der Waals surface area contributed by atoms with Gasteiger partial charge in [0.1, 0.15) is 0 Å². The molecule has 2 N–H and O–H groups in total. The maximum Gasteiger partial charge on any atom is 0.0917 e. The van der Waals surface area contributed by atoms with E-state index in [1.165, 1.54) is 5.56 Å². The molecule has 0 bridgehead atoms. The van der Waals surface area contributed by atoms with Crippen molar-refractivity contribution < 1.29 is 5.11 Å². The number of aryl methyl sites for hydroxylation is 1. The number of aliphatic hydroxyl groups excluding tert-OH is 1. The van der Waals surface area contributed by atoms with Gasteiger partial charge in [0.15, 0.2) is 0 Å². The van der Waals surface area contributed by atoms with E-state index in [4.69, 9.17) is 0 Å². The van der Waals surface area contributed by atoms with E-state index in [-0.39, 0.29) is 0 Å². The number of nitrogens with zero attached hydrogens (tertiary/aromatic N) is 2. The molecule has 118 valence electrons. The van der Waals surface area contributed by atoms with Gasteiger partial charge in [-0.15, -0.1) is 0 Å². The number of benzene rings is 2. The van der Waals surface area contributed by atoms with Crippen LogP contribution in [0.15, 0.2) is 67.0 Å². The monoisotopic (exact) mass is 307 g/mol. The molecule has 0 amide bonds. The van der Waals surface area contributed by atoms with E-state index < -0.39 is 6.10 Å². The first-order valence-electron chi connectivity index (χ1n) is 7.77. The molecule has 0 aliphatic heterocycles. The molecule has 3 rings (SSSR count). The van der Waals surface area contributed by atoms with Crippen LogP contribution >= 0.6 is 0 Å². The standard InChI is InChI=1S/C19H21N3O/c1-15-5-2-3-6-18(15)19(23)14-20-13-16-7-9-17(10-8-16)22-12-4-11-21-22/h2-12,19-20,23H,13-14H2,1H3. The van der Waals surface area contributed by atoms with Crippen LogP contribution in [0.2, 0.25) is 0 Å². The molecule has 23 heavy (non-hydrogen) atoms. The van der Waals surface area contributed by atoms with Crippen molar-refractivity contribution in [2.45, 2.75) is 19.6 Å². The lowest BCUT2D eigenvalue weighted by molar-refractivity contribution is 0.173. The zero-order valence-electron chi connectivity index (χ0n) is 13.2. The summed E-state index contributed by atoms with van der Waals surface area (Å²) in [5, 5.41) is 17.8. The maximum atomic E-state index is 10.3. The maximum absolute atomic E-state index is 10.3. The van der Waals surface area contributed by atoms with Gasteiger partial charge >= 0.3 is 0 Å². The molecule has 1 unspecified atom stereocenters. The molecular weight excluding hydrogens is 286 g/mol. The molecule has 4 heteroatoms. The van der Waals surface area contributed by atoms with Crippen molar-refractivity contribution in [1.82, 2.24) is 15.1 Å². The third-order valence-electron chi connectivity index (χ3n) is 3.92. The van der Waals surface area contributed by atoms with Gasteiger partial charge in [-0.25, -0.2) is 4.68 Å². The predicted octanol–water partition coefficient (Wildman–Crippen LogP) is 3.00. The SMILES string of the molecule is Cc1ccccc1C(O)CNCc1ccc(-n2cccn2)cc1. The molecule has 0 fully saturated rings. The van der Waals surface area contributed by atoms with E-state index in [2.05, 4.69) is 22.5 Å². The average molecular weight is 307 g/mol. The second kappa shape index (κ2) is 7.22. The molecule has 0 radical (unpaired) electrons. The highest BCUT2D eigenvalue weighted by Crippen LogP contribution is 2.16. The third-order valence-corrected chi connectivity index (χ3v) is 3.92. The summed E-state index contributed by atoms with van der Waals surface area (Å²) in [5.41, 5.74) is 4.32. The Hall–Kier alpha value is -2.43. The van der Waals surface area contributed by atoms with E-state index in [9.17, 15) is 5.11 Å². The van der Waals surface area contributed by atoms with Gasteiger partial charge in [-0.2, -0.15) is 5.10 Å². The number of hydrogen-bond donors (Lipinski definition) is 2. The van der Waals surface area contributed by atoms with Crippen LogP contribution in [0.25, 0.3) is 5.69 Å². The quantitative estimate of drug-likeness (QED) is 0.736. The van der Waals surface area contributed by atoms with Crippen molar-refractivity contribution in [1.29, 1.82) is 0 Å². The van der Waals surface area contributed by atoms with E-state index in [0.29, 0.717) is 6.54 Å². The van der Waals surface area contributed by atoms with Gasteiger partial charge in [0.25, 0.3) is 0 Å². The molecule has 1 atom stereocenters. The first-order chi connectivity index (χ1) is 11.2. The molecule has 0 aliphatic rings. The second-order valence-corrected chi connectivity index (χ2v) is 5.62. The van der Waals surface area contributed by atoms with Crippen LogP contribution in [-0.4, -0.2) is 21.4 Å². The van der Waals surface area contributed by atoms with Gasteiger partial charge < -0.3 is 10.4 Å². The zero-order valence-corrected chi connectivity index (χ0v) is 13.2. The number of rotatable bonds is 6. The third kappa shape index (κ3) is 3.86. The summed E-state index contributed by atoms with van der Waals surface area (Å²) in [6, 6.07) is 18.1. The van der Waals surface area contributed by atoms with E-state index >= 15 is 0 Å². The largest absolute Gasteiger partial charge is 0.387 e. The smallest absolute Gasteiger partial charge is 0.0917 e. The number of aromatic nitrogens is 2. The Bertz CT molecular complexity index is 736. The summed E-state index contributed by atoms with van der Waals surface area (Å²) in [6.45, 7) is 3.28. The minimum absolute atomic E-state index is 0.487. The van der Waals surface area contributed by atoms with Crippen LogP contribution in [0.3, 0.4) is 0 Å². The normalized spacial score (nSPS) is 12.3. The summed E-state index contributed by atoms with van der Waals surface area (Å²) in [5.74, 6) is 0. The topological polar surface area (TPSA) is 50.1 Å². The Labute approximate surface area is 136 Å². The van der Waals surface area contributed by atoms with Gasteiger partial charge in [0, 0.05) is 25.5 Å². The fraction of sp³-hybridized carbons (Fsp3) is 0.211. The lowest BCUT2D eigenvalue weighted by Gasteiger charge is -2.14. The van der Waals surface area contributed by atoms with Crippen molar-refractivity contribution in [3.63, 3.8) is 0 Å². The molecule has 4 nitrogen and oxygen atoms in total. The first-order valence-corrected chi connectivity index (χ1v) is 7.77. The van der Waals surface area contributed by atoms with Crippen LogP contribution < -0.4 is 5.32 Å². The molecule has 2 aromatic carbocycles. The van der Waals surface area contributed by atoms with Crippen LogP contribution in [0, 0.1) is 6.92 Å². The summed E-state index contributed by atoms with van der Waals surface area (Å²) in [7, 11) is 0. The number of nitrogens with one attached hydrogen (secondary N) is 1. The van der Waals surface area contributed by atoms with Crippen LogP contribution in [-0.2, 0) is 6.54 Å². The van der Waals surface area contributed by atoms with Gasteiger partial charge in [0.2, 0.25) is 0 Å². The van der Waals surface area contributed by atoms with Crippen molar-refractivity contribution in [3.8, 4) is 5.69 Å². The molecule has 1 aromatic heterocycles. The average Bonchev–Trinajstić information content (AvgIpc) is 3.10. The summed E-state index contributed by atoms with van der Waals surface area (Å²) in [6.07, 6.45) is 3.20. The Morgan fingerprint density at radius 2 is 1.87 bits per heavy atom. The minimum atomic E-state index is -0.487. The fourth-order valence-corrected chi connectivity index (χ4v) is 2.61. The lowest BCUT2D eigenvalue weighted by Crippen LogP contribution is -2.21. The molecular formula is C19H21N3O.